The lowest BCUT2D eigenvalue weighted by molar-refractivity contribution is -0.157. The Morgan fingerprint density at radius 2 is 2.29 bits per heavy atom. The average molecular weight is 338 g/mol. The first-order valence-corrected chi connectivity index (χ1v) is 7.20. The molecule has 4 atom stereocenters. The summed E-state index contributed by atoms with van der Waals surface area (Å²) < 4.78 is 11.1. The molecule has 0 aromatic carbocycles. The average Bonchev–Trinajstić information content (AvgIpc) is 2.77. The van der Waals surface area contributed by atoms with Crippen LogP contribution in [0.4, 0.5) is 5.82 Å². The van der Waals surface area contributed by atoms with E-state index < -0.39 is 41.6 Å². The third kappa shape index (κ3) is 2.96. The van der Waals surface area contributed by atoms with Gasteiger partial charge in [0.2, 0.25) is 0 Å². The molecule has 10 heteroatoms. The summed E-state index contributed by atoms with van der Waals surface area (Å²) in [5, 5.41) is 29.8. The van der Waals surface area contributed by atoms with Crippen molar-refractivity contribution in [3.63, 3.8) is 0 Å². The van der Waals surface area contributed by atoms with Gasteiger partial charge in [0.15, 0.2) is 0 Å². The van der Waals surface area contributed by atoms with Crippen LogP contribution in [0, 0.1) is 17.2 Å². The van der Waals surface area contributed by atoms with Crippen molar-refractivity contribution in [3.8, 4) is 6.07 Å². The second kappa shape index (κ2) is 6.56. The molecule has 1 aliphatic rings. The second-order valence-electron chi connectivity index (χ2n) is 5.69. The summed E-state index contributed by atoms with van der Waals surface area (Å²) in [5.41, 5.74) is 2.26. The molecule has 130 valence electrons. The minimum absolute atomic E-state index is 0.0696. The van der Waals surface area contributed by atoms with Gasteiger partial charge >= 0.3 is 11.7 Å². The standard InChI is InChI=1S/C14H18N4O6/c1-7(2)12(21)23-5-8-10(19)11(20)14(6-15,24-8)18-4-3-9(16)17-13(18)22/h3-4,7-8,10-11,19-20H,5H2,1-2H3,(H2,16,17,22)/t8-,10?,11?,14-/m1/s1. The van der Waals surface area contributed by atoms with Gasteiger partial charge in [0, 0.05) is 6.20 Å². The summed E-state index contributed by atoms with van der Waals surface area (Å²) in [4.78, 5) is 27.0. The summed E-state index contributed by atoms with van der Waals surface area (Å²) in [6.07, 6.45) is -3.36. The van der Waals surface area contributed by atoms with Gasteiger partial charge in [-0.3, -0.25) is 9.36 Å². The SMILES string of the molecule is CC(C)C(=O)OC[C@H]1O[C@@](C#N)(n2ccc(N)nc2=O)C(O)C1O. The van der Waals surface area contributed by atoms with Gasteiger partial charge in [-0.2, -0.15) is 10.2 Å². The zero-order valence-corrected chi connectivity index (χ0v) is 13.1. The number of hydrogen-bond donors (Lipinski definition) is 3. The zero-order valence-electron chi connectivity index (χ0n) is 13.1. The number of rotatable bonds is 4. The quantitative estimate of drug-likeness (QED) is 0.544. The minimum atomic E-state index is -2.20. The molecule has 1 fully saturated rings. The highest BCUT2D eigenvalue weighted by Gasteiger charge is 2.57. The number of anilines is 1. The van der Waals surface area contributed by atoms with E-state index in [4.69, 9.17) is 15.2 Å². The van der Waals surface area contributed by atoms with Crippen molar-refractivity contribution in [2.45, 2.75) is 37.9 Å². The van der Waals surface area contributed by atoms with Crippen LogP contribution in [0.2, 0.25) is 0 Å². The molecule has 2 rings (SSSR count). The van der Waals surface area contributed by atoms with Crippen molar-refractivity contribution in [2.24, 2.45) is 5.92 Å². The van der Waals surface area contributed by atoms with Crippen molar-refractivity contribution in [1.82, 2.24) is 9.55 Å². The molecule has 0 bridgehead atoms. The number of nitrogens with zero attached hydrogens (tertiary/aromatic N) is 3. The Morgan fingerprint density at radius 3 is 2.83 bits per heavy atom. The molecule has 2 heterocycles. The second-order valence-corrected chi connectivity index (χ2v) is 5.69. The molecule has 1 saturated heterocycles. The van der Waals surface area contributed by atoms with E-state index in [1.54, 1.807) is 19.9 Å². The first-order valence-electron chi connectivity index (χ1n) is 7.20. The number of esters is 1. The molecule has 0 spiro atoms. The Morgan fingerprint density at radius 1 is 1.62 bits per heavy atom. The molecule has 0 amide bonds. The number of ether oxygens (including phenoxy) is 2. The summed E-state index contributed by atoms with van der Waals surface area (Å²) in [7, 11) is 0. The summed E-state index contributed by atoms with van der Waals surface area (Å²) in [6.45, 7) is 2.88. The number of carbonyl (C=O) groups excluding carboxylic acids is 1. The maximum atomic E-state index is 12.0. The van der Waals surface area contributed by atoms with Crippen molar-refractivity contribution < 1.29 is 24.5 Å². The van der Waals surface area contributed by atoms with Gasteiger partial charge in [0.1, 0.15) is 36.8 Å². The van der Waals surface area contributed by atoms with Gasteiger partial charge in [-0.05, 0) is 6.07 Å². The maximum Gasteiger partial charge on any atom is 0.352 e. The molecule has 4 N–H and O–H groups in total. The third-order valence-corrected chi connectivity index (χ3v) is 3.64. The molecule has 10 nitrogen and oxygen atoms in total. The third-order valence-electron chi connectivity index (χ3n) is 3.64. The highest BCUT2D eigenvalue weighted by Crippen LogP contribution is 2.34. The fourth-order valence-electron chi connectivity index (χ4n) is 2.28. The normalized spacial score (nSPS) is 29.4. The highest BCUT2D eigenvalue weighted by atomic mass is 16.6. The first kappa shape index (κ1) is 17.9. The van der Waals surface area contributed by atoms with Crippen LogP contribution in [0.5, 0.6) is 0 Å². The smallest absolute Gasteiger partial charge is 0.352 e. The number of nitrogens with two attached hydrogens (primary N) is 1. The number of carbonyl (C=O) groups is 1. The van der Waals surface area contributed by atoms with E-state index in [-0.39, 0.29) is 12.4 Å². The molecule has 0 aliphatic carbocycles. The summed E-state index contributed by atoms with van der Waals surface area (Å²) in [6, 6.07) is 2.93. The molecule has 0 radical (unpaired) electrons. The first-order chi connectivity index (χ1) is 11.2. The van der Waals surface area contributed by atoms with E-state index in [0.717, 1.165) is 10.8 Å². The number of aliphatic hydroxyl groups is 2. The lowest BCUT2D eigenvalue weighted by Gasteiger charge is -2.26. The molecule has 24 heavy (non-hydrogen) atoms. The van der Waals surface area contributed by atoms with Crippen LogP contribution < -0.4 is 11.4 Å². The maximum absolute atomic E-state index is 12.0. The Balaban J connectivity index is 2.30. The van der Waals surface area contributed by atoms with Crippen molar-refractivity contribution in [3.05, 3.63) is 22.7 Å². The largest absolute Gasteiger partial charge is 0.463 e. The fourth-order valence-corrected chi connectivity index (χ4v) is 2.28. The van der Waals surface area contributed by atoms with Crippen LogP contribution in [0.25, 0.3) is 0 Å². The Labute approximate surface area is 137 Å². The number of nitrogen functional groups attached to an aromatic ring is 1. The topological polar surface area (TPSA) is 161 Å². The van der Waals surface area contributed by atoms with Gasteiger partial charge in [-0.15, -0.1) is 0 Å². The van der Waals surface area contributed by atoms with Gasteiger partial charge in [-0.25, -0.2) is 4.79 Å². The Hall–Kier alpha value is -2.48. The lowest BCUT2D eigenvalue weighted by atomic mass is 10.0. The van der Waals surface area contributed by atoms with Crippen LogP contribution in [0.3, 0.4) is 0 Å². The van der Waals surface area contributed by atoms with Crippen molar-refractivity contribution in [1.29, 1.82) is 5.26 Å². The molecule has 1 aliphatic heterocycles. The van der Waals surface area contributed by atoms with Crippen LogP contribution in [-0.2, 0) is 20.0 Å². The number of aliphatic hydroxyl groups excluding tert-OH is 2. The van der Waals surface area contributed by atoms with Crippen molar-refractivity contribution >= 4 is 11.8 Å². The lowest BCUT2D eigenvalue weighted by Crippen LogP contribution is -2.49. The van der Waals surface area contributed by atoms with Crippen LogP contribution in [0.15, 0.2) is 17.1 Å². The van der Waals surface area contributed by atoms with E-state index in [2.05, 4.69) is 4.98 Å². The molecule has 2 unspecified atom stereocenters. The van der Waals surface area contributed by atoms with Gasteiger partial charge in [0.25, 0.3) is 5.72 Å². The Kier molecular flexibility index (Phi) is 4.88. The minimum Gasteiger partial charge on any atom is -0.463 e. The van der Waals surface area contributed by atoms with E-state index in [1.165, 1.54) is 6.07 Å². The van der Waals surface area contributed by atoms with Gasteiger partial charge in [0.05, 0.1) is 5.92 Å². The van der Waals surface area contributed by atoms with Crippen LogP contribution in [0.1, 0.15) is 13.8 Å². The molecular weight excluding hydrogens is 320 g/mol. The fraction of sp³-hybridized carbons (Fsp3) is 0.571. The van der Waals surface area contributed by atoms with E-state index >= 15 is 0 Å². The monoisotopic (exact) mass is 338 g/mol. The summed E-state index contributed by atoms with van der Waals surface area (Å²) >= 11 is 0. The molecule has 1 aromatic heterocycles. The van der Waals surface area contributed by atoms with E-state index in [9.17, 15) is 25.1 Å². The number of hydrogen-bond acceptors (Lipinski definition) is 9. The van der Waals surface area contributed by atoms with Crippen LogP contribution in [-0.4, -0.2) is 50.7 Å². The molecule has 1 aromatic rings. The van der Waals surface area contributed by atoms with E-state index in [1.807, 2.05) is 0 Å². The van der Waals surface area contributed by atoms with Gasteiger partial charge < -0.3 is 25.4 Å². The number of nitriles is 1. The van der Waals surface area contributed by atoms with Gasteiger partial charge in [-0.1, -0.05) is 13.8 Å². The predicted octanol–water partition coefficient (Wildman–Crippen LogP) is -1.68. The molecular formula is C14H18N4O6. The predicted molar refractivity (Wildman–Crippen MR) is 79.2 cm³/mol. The summed E-state index contributed by atoms with van der Waals surface area (Å²) in [5.74, 6) is -0.987. The zero-order chi connectivity index (χ0) is 18.1. The van der Waals surface area contributed by atoms with Crippen LogP contribution >= 0.6 is 0 Å². The highest BCUT2D eigenvalue weighted by molar-refractivity contribution is 5.71. The Bertz CT molecular complexity index is 727. The number of aromatic nitrogens is 2. The van der Waals surface area contributed by atoms with Crippen molar-refractivity contribution in [2.75, 3.05) is 12.3 Å². The molecule has 0 saturated carbocycles. The van der Waals surface area contributed by atoms with E-state index in [0.29, 0.717) is 0 Å².